The van der Waals surface area contributed by atoms with Gasteiger partial charge in [-0.2, -0.15) is 0 Å². The highest BCUT2D eigenvalue weighted by atomic mass is 16.5. The molecule has 0 bridgehead atoms. The topological polar surface area (TPSA) is 54.1 Å². The molecule has 1 heterocycles. The number of carbonyl (C=O) groups is 1. The summed E-state index contributed by atoms with van der Waals surface area (Å²) in [7, 11) is 1.61. The lowest BCUT2D eigenvalue weighted by atomic mass is 10.0. The van der Waals surface area contributed by atoms with E-state index < -0.39 is 0 Å². The molecular formula is C18H16N2O2. The van der Waals surface area contributed by atoms with Gasteiger partial charge < -0.3 is 15.0 Å². The van der Waals surface area contributed by atoms with Gasteiger partial charge in [0.2, 0.25) is 0 Å². The lowest BCUT2D eigenvalue weighted by Crippen LogP contribution is -2.11. The predicted molar refractivity (Wildman–Crippen MR) is 87.2 cm³/mol. The molecule has 2 N–H and O–H groups in total. The third-order valence-corrected chi connectivity index (χ3v) is 3.42. The smallest absolute Gasteiger partial charge is 0.257 e. The zero-order valence-corrected chi connectivity index (χ0v) is 12.2. The molecule has 2 aromatic carbocycles. The van der Waals surface area contributed by atoms with Gasteiger partial charge in [0, 0.05) is 23.6 Å². The summed E-state index contributed by atoms with van der Waals surface area (Å²) in [6.45, 7) is 0. The third-order valence-electron chi connectivity index (χ3n) is 3.42. The van der Waals surface area contributed by atoms with Crippen molar-refractivity contribution in [3.05, 3.63) is 72.6 Å². The Morgan fingerprint density at radius 1 is 1.00 bits per heavy atom. The first kappa shape index (κ1) is 13.9. The van der Waals surface area contributed by atoms with Crippen molar-refractivity contribution in [2.24, 2.45) is 0 Å². The van der Waals surface area contributed by atoms with Crippen molar-refractivity contribution in [3.8, 4) is 16.9 Å². The number of carbonyl (C=O) groups excluding carboxylic acids is 1. The zero-order valence-electron chi connectivity index (χ0n) is 12.2. The van der Waals surface area contributed by atoms with Gasteiger partial charge >= 0.3 is 0 Å². The van der Waals surface area contributed by atoms with Gasteiger partial charge in [-0.25, -0.2) is 0 Å². The van der Waals surface area contributed by atoms with Crippen molar-refractivity contribution < 1.29 is 9.53 Å². The van der Waals surface area contributed by atoms with Gasteiger partial charge in [0.25, 0.3) is 5.91 Å². The molecule has 0 saturated heterocycles. The number of amides is 1. The maximum atomic E-state index is 12.5. The second-order valence-electron chi connectivity index (χ2n) is 4.83. The highest BCUT2D eigenvalue weighted by molar-refractivity contribution is 6.08. The predicted octanol–water partition coefficient (Wildman–Crippen LogP) is 3.94. The highest BCUT2D eigenvalue weighted by Crippen LogP contribution is 2.24. The molecule has 0 spiro atoms. The molecule has 0 fully saturated rings. The Kier molecular flexibility index (Phi) is 3.92. The fraction of sp³-hybridized carbons (Fsp3) is 0.0556. The van der Waals surface area contributed by atoms with Gasteiger partial charge in [-0.1, -0.05) is 30.3 Å². The number of ether oxygens (including phenoxy) is 1. The Bertz CT molecular complexity index is 761. The fourth-order valence-corrected chi connectivity index (χ4v) is 2.28. The van der Waals surface area contributed by atoms with Crippen molar-refractivity contribution in [2.75, 3.05) is 12.4 Å². The SMILES string of the molecule is COc1ccc(NC(=O)c2c[nH]cc2-c2ccccc2)cc1. The molecule has 3 rings (SSSR count). The number of nitrogens with one attached hydrogen (secondary N) is 2. The van der Waals surface area contributed by atoms with Crippen LogP contribution in [0.5, 0.6) is 5.75 Å². The van der Waals surface area contributed by atoms with Crippen LogP contribution in [0.15, 0.2) is 67.0 Å². The second kappa shape index (κ2) is 6.18. The fourth-order valence-electron chi connectivity index (χ4n) is 2.28. The summed E-state index contributed by atoms with van der Waals surface area (Å²) < 4.78 is 5.11. The number of rotatable bonds is 4. The zero-order chi connectivity index (χ0) is 15.4. The minimum absolute atomic E-state index is 0.148. The van der Waals surface area contributed by atoms with Gasteiger partial charge in [0.05, 0.1) is 12.7 Å². The summed E-state index contributed by atoms with van der Waals surface area (Å²) >= 11 is 0. The average molecular weight is 292 g/mol. The molecule has 110 valence electrons. The van der Waals surface area contributed by atoms with Crippen molar-refractivity contribution in [1.82, 2.24) is 4.98 Å². The Morgan fingerprint density at radius 3 is 2.41 bits per heavy atom. The molecule has 4 heteroatoms. The number of aromatic amines is 1. The second-order valence-corrected chi connectivity index (χ2v) is 4.83. The van der Waals surface area contributed by atoms with E-state index in [0.717, 1.165) is 22.6 Å². The molecule has 0 atom stereocenters. The van der Waals surface area contributed by atoms with Crippen LogP contribution in [0.2, 0.25) is 0 Å². The minimum atomic E-state index is -0.148. The number of anilines is 1. The van der Waals surface area contributed by atoms with E-state index in [1.807, 2.05) is 60.8 Å². The van der Waals surface area contributed by atoms with Crippen LogP contribution >= 0.6 is 0 Å². The van der Waals surface area contributed by atoms with Gasteiger partial charge in [-0.3, -0.25) is 4.79 Å². The Balaban J connectivity index is 1.82. The normalized spacial score (nSPS) is 10.2. The van der Waals surface area contributed by atoms with Gasteiger partial charge in [-0.05, 0) is 29.8 Å². The van der Waals surface area contributed by atoms with Crippen LogP contribution in [-0.4, -0.2) is 18.0 Å². The van der Waals surface area contributed by atoms with Crippen molar-refractivity contribution in [1.29, 1.82) is 0 Å². The molecule has 0 aliphatic carbocycles. The van der Waals surface area contributed by atoms with Crippen molar-refractivity contribution in [2.45, 2.75) is 0 Å². The lowest BCUT2D eigenvalue weighted by Gasteiger charge is -2.07. The Labute approximate surface area is 128 Å². The van der Waals surface area contributed by atoms with Crippen LogP contribution in [0.25, 0.3) is 11.1 Å². The van der Waals surface area contributed by atoms with Crippen LogP contribution in [0, 0.1) is 0 Å². The van der Waals surface area contributed by atoms with Crippen LogP contribution in [0.1, 0.15) is 10.4 Å². The first-order valence-electron chi connectivity index (χ1n) is 6.95. The number of hydrogen-bond donors (Lipinski definition) is 2. The van der Waals surface area contributed by atoms with Crippen LogP contribution < -0.4 is 10.1 Å². The molecule has 0 aliphatic rings. The molecular weight excluding hydrogens is 276 g/mol. The van der Waals surface area contributed by atoms with Crippen molar-refractivity contribution >= 4 is 11.6 Å². The van der Waals surface area contributed by atoms with E-state index >= 15 is 0 Å². The molecule has 1 aromatic heterocycles. The summed E-state index contributed by atoms with van der Waals surface area (Å²) in [5.74, 6) is 0.606. The Morgan fingerprint density at radius 2 is 1.73 bits per heavy atom. The monoisotopic (exact) mass is 292 g/mol. The number of benzene rings is 2. The van der Waals surface area contributed by atoms with E-state index in [-0.39, 0.29) is 5.91 Å². The highest BCUT2D eigenvalue weighted by Gasteiger charge is 2.14. The van der Waals surface area contributed by atoms with Crippen LogP contribution in [-0.2, 0) is 0 Å². The van der Waals surface area contributed by atoms with Gasteiger partial charge in [0.15, 0.2) is 0 Å². The van der Waals surface area contributed by atoms with Crippen LogP contribution in [0.4, 0.5) is 5.69 Å². The number of H-pyrrole nitrogens is 1. The maximum absolute atomic E-state index is 12.5. The average Bonchev–Trinajstić information content (AvgIpc) is 3.06. The molecule has 3 aromatic rings. The minimum Gasteiger partial charge on any atom is -0.497 e. The summed E-state index contributed by atoms with van der Waals surface area (Å²) in [5.41, 5.74) is 3.23. The van der Waals surface area contributed by atoms with E-state index in [1.54, 1.807) is 13.3 Å². The molecule has 22 heavy (non-hydrogen) atoms. The number of aromatic nitrogens is 1. The third kappa shape index (κ3) is 2.86. The summed E-state index contributed by atoms with van der Waals surface area (Å²) in [4.78, 5) is 15.5. The van der Waals surface area contributed by atoms with Crippen molar-refractivity contribution in [3.63, 3.8) is 0 Å². The summed E-state index contributed by atoms with van der Waals surface area (Å²) in [5, 5.41) is 2.89. The molecule has 0 unspecified atom stereocenters. The van der Waals surface area contributed by atoms with E-state index in [4.69, 9.17) is 4.74 Å². The summed E-state index contributed by atoms with van der Waals surface area (Å²) in [6, 6.07) is 17.1. The van der Waals surface area contributed by atoms with Crippen LogP contribution in [0.3, 0.4) is 0 Å². The molecule has 0 aliphatic heterocycles. The molecule has 0 saturated carbocycles. The molecule has 4 nitrogen and oxygen atoms in total. The largest absolute Gasteiger partial charge is 0.497 e. The van der Waals surface area contributed by atoms with E-state index in [2.05, 4.69) is 10.3 Å². The summed E-state index contributed by atoms with van der Waals surface area (Å²) in [6.07, 6.45) is 3.54. The lowest BCUT2D eigenvalue weighted by molar-refractivity contribution is 0.102. The standard InChI is InChI=1S/C18H16N2O2/c1-22-15-9-7-14(8-10-15)20-18(21)17-12-19-11-16(17)13-5-3-2-4-6-13/h2-12,19H,1H3,(H,20,21). The number of hydrogen-bond acceptors (Lipinski definition) is 2. The maximum Gasteiger partial charge on any atom is 0.257 e. The quantitative estimate of drug-likeness (QED) is 0.765. The number of methoxy groups -OCH3 is 1. The first-order valence-corrected chi connectivity index (χ1v) is 6.95. The van der Waals surface area contributed by atoms with Gasteiger partial charge in [0.1, 0.15) is 5.75 Å². The first-order chi connectivity index (χ1) is 10.8. The van der Waals surface area contributed by atoms with Gasteiger partial charge in [-0.15, -0.1) is 0 Å². The molecule has 0 radical (unpaired) electrons. The Hall–Kier alpha value is -3.01. The van der Waals surface area contributed by atoms with E-state index in [1.165, 1.54) is 0 Å². The molecule has 1 amide bonds. The van der Waals surface area contributed by atoms with E-state index in [9.17, 15) is 4.79 Å². The van der Waals surface area contributed by atoms with E-state index in [0.29, 0.717) is 5.56 Å².